The summed E-state index contributed by atoms with van der Waals surface area (Å²) < 4.78 is 0. The fraction of sp³-hybridized carbons (Fsp3) is 0.833. The number of hydrogen-bond donors (Lipinski definition) is 4. The van der Waals surface area contributed by atoms with Crippen molar-refractivity contribution in [2.75, 3.05) is 26.2 Å². The van der Waals surface area contributed by atoms with Crippen LogP contribution in [-0.2, 0) is 4.79 Å². The van der Waals surface area contributed by atoms with Crippen LogP contribution in [0.1, 0.15) is 33.1 Å². The smallest absolute Gasteiger partial charge is 0.314 e. The standard InChI is InChI=1S/C12H25N3O3/c1-3-6-10(11(16)17)9-15-12(18)14-8-5-7-13-4-2/h10,13H,3-9H2,1-2H3,(H,16,17)(H2,14,15,18). The summed E-state index contributed by atoms with van der Waals surface area (Å²) in [5.41, 5.74) is 0. The van der Waals surface area contributed by atoms with E-state index in [1.165, 1.54) is 0 Å². The molecule has 0 radical (unpaired) electrons. The number of hydrogen-bond acceptors (Lipinski definition) is 3. The van der Waals surface area contributed by atoms with Gasteiger partial charge >= 0.3 is 12.0 Å². The van der Waals surface area contributed by atoms with Crippen molar-refractivity contribution in [1.82, 2.24) is 16.0 Å². The van der Waals surface area contributed by atoms with Gasteiger partial charge in [-0.25, -0.2) is 4.79 Å². The maximum Gasteiger partial charge on any atom is 0.314 e. The highest BCUT2D eigenvalue weighted by Gasteiger charge is 2.16. The van der Waals surface area contributed by atoms with Crippen LogP contribution in [0.3, 0.4) is 0 Å². The molecule has 18 heavy (non-hydrogen) atoms. The second-order valence-electron chi connectivity index (χ2n) is 4.17. The summed E-state index contributed by atoms with van der Waals surface area (Å²) in [4.78, 5) is 22.2. The van der Waals surface area contributed by atoms with Crippen molar-refractivity contribution in [1.29, 1.82) is 0 Å². The highest BCUT2D eigenvalue weighted by Crippen LogP contribution is 2.04. The lowest BCUT2D eigenvalue weighted by Gasteiger charge is -2.13. The Morgan fingerprint density at radius 1 is 1.17 bits per heavy atom. The molecule has 0 aromatic heterocycles. The molecule has 0 aliphatic carbocycles. The van der Waals surface area contributed by atoms with Crippen LogP contribution in [0, 0.1) is 5.92 Å². The molecule has 6 heteroatoms. The van der Waals surface area contributed by atoms with E-state index in [0.717, 1.165) is 25.9 Å². The molecule has 0 aliphatic rings. The first-order chi connectivity index (χ1) is 8.61. The van der Waals surface area contributed by atoms with E-state index in [-0.39, 0.29) is 12.6 Å². The second kappa shape index (κ2) is 10.8. The summed E-state index contributed by atoms with van der Waals surface area (Å²) in [6.45, 7) is 6.51. The normalized spacial score (nSPS) is 11.9. The van der Waals surface area contributed by atoms with Crippen molar-refractivity contribution >= 4 is 12.0 Å². The van der Waals surface area contributed by atoms with E-state index >= 15 is 0 Å². The number of carbonyl (C=O) groups is 2. The summed E-state index contributed by atoms with van der Waals surface area (Å²) in [5.74, 6) is -1.35. The lowest BCUT2D eigenvalue weighted by atomic mass is 10.0. The molecule has 106 valence electrons. The number of urea groups is 1. The van der Waals surface area contributed by atoms with Crippen LogP contribution in [0.2, 0.25) is 0 Å². The van der Waals surface area contributed by atoms with Gasteiger partial charge in [-0.3, -0.25) is 4.79 Å². The van der Waals surface area contributed by atoms with Gasteiger partial charge in [0.05, 0.1) is 5.92 Å². The molecular formula is C12H25N3O3. The first-order valence-electron chi connectivity index (χ1n) is 6.57. The molecule has 0 saturated heterocycles. The van der Waals surface area contributed by atoms with Gasteiger partial charge in [0.2, 0.25) is 0 Å². The minimum Gasteiger partial charge on any atom is -0.481 e. The van der Waals surface area contributed by atoms with Crippen LogP contribution in [0.25, 0.3) is 0 Å². The van der Waals surface area contributed by atoms with Crippen molar-refractivity contribution < 1.29 is 14.7 Å². The summed E-state index contributed by atoms with van der Waals surface area (Å²) >= 11 is 0. The van der Waals surface area contributed by atoms with Gasteiger partial charge in [-0.1, -0.05) is 20.3 Å². The fourth-order valence-corrected chi connectivity index (χ4v) is 1.53. The van der Waals surface area contributed by atoms with Gasteiger partial charge in [0.15, 0.2) is 0 Å². The number of amides is 2. The van der Waals surface area contributed by atoms with Crippen molar-refractivity contribution in [2.24, 2.45) is 5.92 Å². The molecule has 1 unspecified atom stereocenters. The molecule has 1 atom stereocenters. The Labute approximate surface area is 109 Å². The van der Waals surface area contributed by atoms with Gasteiger partial charge in [0, 0.05) is 13.1 Å². The van der Waals surface area contributed by atoms with E-state index in [1.807, 2.05) is 13.8 Å². The predicted octanol–water partition coefficient (Wildman–Crippen LogP) is 0.786. The molecule has 0 rings (SSSR count). The predicted molar refractivity (Wildman–Crippen MR) is 70.6 cm³/mol. The maximum absolute atomic E-state index is 11.4. The lowest BCUT2D eigenvalue weighted by Crippen LogP contribution is -2.40. The molecule has 0 aliphatic heterocycles. The number of aliphatic carboxylic acids is 1. The second-order valence-corrected chi connectivity index (χ2v) is 4.17. The van der Waals surface area contributed by atoms with E-state index < -0.39 is 11.9 Å². The zero-order chi connectivity index (χ0) is 13.8. The van der Waals surface area contributed by atoms with Crippen LogP contribution in [-0.4, -0.2) is 43.3 Å². The molecule has 0 spiro atoms. The van der Waals surface area contributed by atoms with E-state index in [0.29, 0.717) is 13.0 Å². The zero-order valence-electron chi connectivity index (χ0n) is 11.3. The Balaban J connectivity index is 3.64. The van der Waals surface area contributed by atoms with Crippen LogP contribution >= 0.6 is 0 Å². The molecule has 6 nitrogen and oxygen atoms in total. The Morgan fingerprint density at radius 3 is 2.44 bits per heavy atom. The summed E-state index contributed by atoms with van der Waals surface area (Å²) in [7, 11) is 0. The van der Waals surface area contributed by atoms with E-state index in [1.54, 1.807) is 0 Å². The van der Waals surface area contributed by atoms with Crippen molar-refractivity contribution in [3.8, 4) is 0 Å². The summed E-state index contributed by atoms with van der Waals surface area (Å²) in [6, 6.07) is -0.297. The van der Waals surface area contributed by atoms with Gasteiger partial charge in [0.25, 0.3) is 0 Å². The summed E-state index contributed by atoms with van der Waals surface area (Å²) in [5, 5.41) is 17.3. The van der Waals surface area contributed by atoms with E-state index in [2.05, 4.69) is 16.0 Å². The van der Waals surface area contributed by atoms with Gasteiger partial charge in [0.1, 0.15) is 0 Å². The van der Waals surface area contributed by atoms with Crippen LogP contribution < -0.4 is 16.0 Å². The molecule has 0 heterocycles. The zero-order valence-corrected chi connectivity index (χ0v) is 11.3. The lowest BCUT2D eigenvalue weighted by molar-refractivity contribution is -0.141. The average molecular weight is 259 g/mol. The highest BCUT2D eigenvalue weighted by molar-refractivity contribution is 5.75. The van der Waals surface area contributed by atoms with Crippen LogP contribution in [0.5, 0.6) is 0 Å². The quantitative estimate of drug-likeness (QED) is 0.437. The molecule has 0 aromatic rings. The Morgan fingerprint density at radius 2 is 1.89 bits per heavy atom. The number of carbonyl (C=O) groups excluding carboxylic acids is 1. The van der Waals surface area contributed by atoms with Gasteiger partial charge in [-0.05, 0) is 25.9 Å². The van der Waals surface area contributed by atoms with Gasteiger partial charge in [-0.15, -0.1) is 0 Å². The van der Waals surface area contributed by atoms with Crippen LogP contribution in [0.4, 0.5) is 4.79 Å². The first-order valence-corrected chi connectivity index (χ1v) is 6.57. The molecule has 0 aromatic carbocycles. The third-order valence-corrected chi connectivity index (χ3v) is 2.56. The van der Waals surface area contributed by atoms with E-state index in [4.69, 9.17) is 5.11 Å². The monoisotopic (exact) mass is 259 g/mol. The van der Waals surface area contributed by atoms with Crippen molar-refractivity contribution in [3.05, 3.63) is 0 Å². The molecular weight excluding hydrogens is 234 g/mol. The first kappa shape index (κ1) is 16.7. The molecule has 2 amide bonds. The largest absolute Gasteiger partial charge is 0.481 e. The number of rotatable bonds is 10. The van der Waals surface area contributed by atoms with Crippen molar-refractivity contribution in [2.45, 2.75) is 33.1 Å². The highest BCUT2D eigenvalue weighted by atomic mass is 16.4. The summed E-state index contributed by atoms with van der Waals surface area (Å²) in [6.07, 6.45) is 2.23. The number of carboxylic acids is 1. The fourth-order valence-electron chi connectivity index (χ4n) is 1.53. The Kier molecular flexibility index (Phi) is 10.0. The number of carboxylic acid groups (broad SMARTS) is 1. The van der Waals surface area contributed by atoms with Crippen molar-refractivity contribution in [3.63, 3.8) is 0 Å². The Bertz CT molecular complexity index is 247. The minimum absolute atomic E-state index is 0.183. The molecule has 0 saturated carbocycles. The van der Waals surface area contributed by atoms with Gasteiger partial charge < -0.3 is 21.1 Å². The number of nitrogens with one attached hydrogen (secondary N) is 3. The topological polar surface area (TPSA) is 90.5 Å². The maximum atomic E-state index is 11.4. The van der Waals surface area contributed by atoms with E-state index in [9.17, 15) is 9.59 Å². The SMILES string of the molecule is CCCC(CNC(=O)NCCCNCC)C(=O)O. The third kappa shape index (κ3) is 8.81. The molecule has 0 fully saturated rings. The Hall–Kier alpha value is -1.30. The third-order valence-electron chi connectivity index (χ3n) is 2.56. The average Bonchev–Trinajstić information content (AvgIpc) is 2.33. The molecule has 4 N–H and O–H groups in total. The van der Waals surface area contributed by atoms with Gasteiger partial charge in [-0.2, -0.15) is 0 Å². The minimum atomic E-state index is -0.857. The molecule has 0 bridgehead atoms. The van der Waals surface area contributed by atoms with Crippen LogP contribution in [0.15, 0.2) is 0 Å².